The van der Waals surface area contributed by atoms with E-state index in [2.05, 4.69) is 10.6 Å². The standard InChI is InChI=1S/C14H21FN2O3/c1-14(2,3)20-13(18)17-8-7-16-12-9-10(19-4)5-6-11(12)15/h5-6,9,16H,7-8H2,1-4H3,(H,17,18). The van der Waals surface area contributed by atoms with Crippen molar-refractivity contribution in [3.63, 3.8) is 0 Å². The molecule has 0 saturated carbocycles. The van der Waals surface area contributed by atoms with Crippen molar-refractivity contribution in [2.24, 2.45) is 0 Å². The maximum Gasteiger partial charge on any atom is 0.407 e. The molecule has 0 spiro atoms. The summed E-state index contributed by atoms with van der Waals surface area (Å²) in [4.78, 5) is 11.4. The van der Waals surface area contributed by atoms with Gasteiger partial charge in [-0.1, -0.05) is 0 Å². The lowest BCUT2D eigenvalue weighted by Crippen LogP contribution is -2.35. The van der Waals surface area contributed by atoms with E-state index in [1.807, 2.05) is 0 Å². The number of hydrogen-bond donors (Lipinski definition) is 2. The van der Waals surface area contributed by atoms with E-state index in [4.69, 9.17) is 9.47 Å². The number of anilines is 1. The van der Waals surface area contributed by atoms with Gasteiger partial charge in [0.25, 0.3) is 0 Å². The first-order chi connectivity index (χ1) is 9.31. The normalized spacial score (nSPS) is 10.8. The third-order valence-electron chi connectivity index (χ3n) is 2.28. The van der Waals surface area contributed by atoms with Crippen LogP contribution < -0.4 is 15.4 Å². The monoisotopic (exact) mass is 284 g/mol. The van der Waals surface area contributed by atoms with Crippen LogP contribution in [0.5, 0.6) is 5.75 Å². The number of ether oxygens (including phenoxy) is 2. The van der Waals surface area contributed by atoms with Gasteiger partial charge in [0, 0.05) is 19.2 Å². The second-order valence-electron chi connectivity index (χ2n) is 5.20. The van der Waals surface area contributed by atoms with Crippen molar-refractivity contribution in [2.75, 3.05) is 25.5 Å². The molecule has 0 radical (unpaired) electrons. The molecule has 2 N–H and O–H groups in total. The number of hydrogen-bond acceptors (Lipinski definition) is 4. The van der Waals surface area contributed by atoms with E-state index in [1.165, 1.54) is 13.2 Å². The predicted octanol–water partition coefficient (Wildman–Crippen LogP) is 2.77. The molecule has 0 aliphatic rings. The first-order valence-electron chi connectivity index (χ1n) is 6.36. The predicted molar refractivity (Wildman–Crippen MR) is 75.7 cm³/mol. The zero-order valence-electron chi connectivity index (χ0n) is 12.2. The molecule has 1 amide bonds. The molecule has 112 valence electrons. The zero-order valence-corrected chi connectivity index (χ0v) is 12.2. The number of methoxy groups -OCH3 is 1. The summed E-state index contributed by atoms with van der Waals surface area (Å²) in [5.41, 5.74) is -0.202. The first kappa shape index (κ1) is 16.1. The Morgan fingerprint density at radius 3 is 2.60 bits per heavy atom. The number of alkyl carbamates (subject to hydrolysis) is 1. The maximum absolute atomic E-state index is 13.5. The molecule has 5 nitrogen and oxygen atoms in total. The van der Waals surface area contributed by atoms with Crippen molar-refractivity contribution in [2.45, 2.75) is 26.4 Å². The lowest BCUT2D eigenvalue weighted by Gasteiger charge is -2.19. The van der Waals surface area contributed by atoms with Gasteiger partial charge < -0.3 is 20.1 Å². The van der Waals surface area contributed by atoms with E-state index in [9.17, 15) is 9.18 Å². The van der Waals surface area contributed by atoms with Crippen molar-refractivity contribution >= 4 is 11.8 Å². The highest BCUT2D eigenvalue weighted by atomic mass is 19.1. The number of halogens is 1. The summed E-state index contributed by atoms with van der Waals surface area (Å²) in [6, 6.07) is 4.42. The van der Waals surface area contributed by atoms with Crippen LogP contribution in [0.3, 0.4) is 0 Å². The van der Waals surface area contributed by atoms with Gasteiger partial charge in [0.2, 0.25) is 0 Å². The largest absolute Gasteiger partial charge is 0.497 e. The Bertz CT molecular complexity index is 458. The molecular weight excluding hydrogens is 263 g/mol. The fourth-order valence-corrected chi connectivity index (χ4v) is 1.44. The minimum Gasteiger partial charge on any atom is -0.497 e. The van der Waals surface area contributed by atoms with E-state index in [0.717, 1.165) is 0 Å². The Morgan fingerprint density at radius 1 is 1.30 bits per heavy atom. The number of rotatable bonds is 5. The molecular formula is C14H21FN2O3. The SMILES string of the molecule is COc1ccc(F)c(NCCNC(=O)OC(C)(C)C)c1. The summed E-state index contributed by atoms with van der Waals surface area (Å²) < 4.78 is 23.6. The van der Waals surface area contributed by atoms with E-state index in [-0.39, 0.29) is 5.82 Å². The van der Waals surface area contributed by atoms with E-state index >= 15 is 0 Å². The molecule has 0 bridgehead atoms. The Morgan fingerprint density at radius 2 is 2.00 bits per heavy atom. The van der Waals surface area contributed by atoms with Crippen LogP contribution >= 0.6 is 0 Å². The van der Waals surface area contributed by atoms with Gasteiger partial charge in [-0.2, -0.15) is 0 Å². The minimum atomic E-state index is -0.531. The average molecular weight is 284 g/mol. The topological polar surface area (TPSA) is 59.6 Å². The average Bonchev–Trinajstić information content (AvgIpc) is 2.34. The third kappa shape index (κ3) is 5.77. The molecule has 0 atom stereocenters. The van der Waals surface area contributed by atoms with E-state index in [1.54, 1.807) is 32.9 Å². The first-order valence-corrected chi connectivity index (χ1v) is 6.36. The molecule has 0 fully saturated rings. The quantitative estimate of drug-likeness (QED) is 0.816. The van der Waals surface area contributed by atoms with Gasteiger partial charge in [-0.05, 0) is 32.9 Å². The third-order valence-corrected chi connectivity index (χ3v) is 2.28. The minimum absolute atomic E-state index is 0.325. The molecule has 0 unspecified atom stereocenters. The highest BCUT2D eigenvalue weighted by molar-refractivity contribution is 5.67. The van der Waals surface area contributed by atoms with Crippen molar-refractivity contribution in [3.05, 3.63) is 24.0 Å². The Labute approximate surface area is 118 Å². The molecule has 1 aromatic carbocycles. The molecule has 0 aliphatic heterocycles. The van der Waals surface area contributed by atoms with Crippen LogP contribution in [0.1, 0.15) is 20.8 Å². The van der Waals surface area contributed by atoms with Crippen LogP contribution in [0.2, 0.25) is 0 Å². The number of nitrogens with one attached hydrogen (secondary N) is 2. The Kier molecular flexibility index (Phi) is 5.61. The highest BCUT2D eigenvalue weighted by Gasteiger charge is 2.15. The van der Waals surface area contributed by atoms with Crippen LogP contribution in [-0.2, 0) is 4.74 Å². The molecule has 1 rings (SSSR count). The number of carbonyl (C=O) groups is 1. The van der Waals surface area contributed by atoms with Crippen molar-refractivity contribution in [1.82, 2.24) is 5.32 Å². The summed E-state index contributed by atoms with van der Waals surface area (Å²) in [6.45, 7) is 6.07. The summed E-state index contributed by atoms with van der Waals surface area (Å²) in [5.74, 6) is 0.192. The molecule has 0 heterocycles. The molecule has 0 aromatic heterocycles. The fourth-order valence-electron chi connectivity index (χ4n) is 1.44. The van der Waals surface area contributed by atoms with Crippen LogP contribution in [0.15, 0.2) is 18.2 Å². The Balaban J connectivity index is 2.36. The number of benzene rings is 1. The smallest absolute Gasteiger partial charge is 0.407 e. The van der Waals surface area contributed by atoms with Crippen molar-refractivity contribution < 1.29 is 18.7 Å². The van der Waals surface area contributed by atoms with Gasteiger partial charge in [-0.15, -0.1) is 0 Å². The van der Waals surface area contributed by atoms with Gasteiger partial charge in [0.1, 0.15) is 17.2 Å². The second kappa shape index (κ2) is 6.98. The van der Waals surface area contributed by atoms with Gasteiger partial charge >= 0.3 is 6.09 Å². The summed E-state index contributed by atoms with van der Waals surface area (Å²) in [6.07, 6.45) is -0.495. The fraction of sp³-hybridized carbons (Fsp3) is 0.500. The molecule has 1 aromatic rings. The van der Waals surface area contributed by atoms with Gasteiger partial charge in [0.15, 0.2) is 0 Å². The molecule has 0 aliphatic carbocycles. The maximum atomic E-state index is 13.5. The molecule has 6 heteroatoms. The van der Waals surface area contributed by atoms with Crippen LogP contribution in [0.4, 0.5) is 14.9 Å². The lowest BCUT2D eigenvalue weighted by molar-refractivity contribution is 0.0530. The van der Waals surface area contributed by atoms with E-state index in [0.29, 0.717) is 24.5 Å². The summed E-state index contributed by atoms with van der Waals surface area (Å²) in [7, 11) is 1.51. The summed E-state index contributed by atoms with van der Waals surface area (Å²) >= 11 is 0. The number of amides is 1. The number of carbonyl (C=O) groups excluding carboxylic acids is 1. The van der Waals surface area contributed by atoms with Gasteiger partial charge in [0.05, 0.1) is 12.8 Å². The molecule has 20 heavy (non-hydrogen) atoms. The van der Waals surface area contributed by atoms with Crippen molar-refractivity contribution in [1.29, 1.82) is 0 Å². The highest BCUT2D eigenvalue weighted by Crippen LogP contribution is 2.20. The zero-order chi connectivity index (χ0) is 15.2. The lowest BCUT2D eigenvalue weighted by atomic mass is 10.2. The van der Waals surface area contributed by atoms with Crippen LogP contribution in [0.25, 0.3) is 0 Å². The molecule has 0 saturated heterocycles. The van der Waals surface area contributed by atoms with Gasteiger partial charge in [-0.25, -0.2) is 9.18 Å². The van der Waals surface area contributed by atoms with Gasteiger partial charge in [-0.3, -0.25) is 0 Å². The van der Waals surface area contributed by atoms with Crippen LogP contribution in [-0.4, -0.2) is 31.9 Å². The van der Waals surface area contributed by atoms with E-state index < -0.39 is 11.7 Å². The summed E-state index contributed by atoms with van der Waals surface area (Å²) in [5, 5.41) is 5.46. The van der Waals surface area contributed by atoms with Crippen molar-refractivity contribution in [3.8, 4) is 5.75 Å². The second-order valence-corrected chi connectivity index (χ2v) is 5.20. The Hall–Kier alpha value is -1.98. The van der Waals surface area contributed by atoms with Crippen LogP contribution in [0, 0.1) is 5.82 Å².